The second kappa shape index (κ2) is 8.84. The molecule has 0 unspecified atom stereocenters. The number of hydrogen-bond acceptors (Lipinski definition) is 7. The molecule has 0 saturated carbocycles. The van der Waals surface area contributed by atoms with Gasteiger partial charge in [0.1, 0.15) is 10.6 Å². The highest BCUT2D eigenvalue weighted by Gasteiger charge is 2.19. The van der Waals surface area contributed by atoms with Gasteiger partial charge in [0.25, 0.3) is 0 Å². The second-order valence-electron chi connectivity index (χ2n) is 7.47. The summed E-state index contributed by atoms with van der Waals surface area (Å²) in [5.41, 5.74) is 2.64. The molecule has 7 nitrogen and oxygen atoms in total. The third-order valence-corrected chi connectivity index (χ3v) is 7.47. The molecule has 0 bridgehead atoms. The number of hydrogen-bond donors (Lipinski definition) is 0. The van der Waals surface area contributed by atoms with Gasteiger partial charge < -0.3 is 9.30 Å². The van der Waals surface area contributed by atoms with Crippen molar-refractivity contribution in [2.24, 2.45) is 7.05 Å². The van der Waals surface area contributed by atoms with Crippen molar-refractivity contribution < 1.29 is 9.53 Å². The number of aromatic nitrogens is 5. The van der Waals surface area contributed by atoms with Gasteiger partial charge in [-0.15, -0.1) is 21.5 Å². The zero-order valence-corrected chi connectivity index (χ0v) is 20.0. The third-order valence-electron chi connectivity index (χ3n) is 5.35. The average Bonchev–Trinajstić information content (AvgIpc) is 3.52. The minimum Gasteiger partial charge on any atom is -0.497 e. The lowest BCUT2D eigenvalue weighted by Crippen LogP contribution is -2.04. The number of benzene rings is 2. The fourth-order valence-electron chi connectivity index (χ4n) is 3.55. The molecule has 0 aliphatic rings. The molecule has 0 saturated heterocycles. The fraction of sp³-hybridized carbons (Fsp3) is 0.167. The first-order valence-electron chi connectivity index (χ1n) is 10.3. The summed E-state index contributed by atoms with van der Waals surface area (Å²) in [5.74, 6) is 1.82. The Balaban J connectivity index is 1.38. The van der Waals surface area contributed by atoms with Crippen molar-refractivity contribution in [2.75, 3.05) is 12.9 Å². The molecule has 3 aromatic heterocycles. The number of aryl methyl sites for hydroxylation is 1. The average molecular weight is 476 g/mol. The Kier molecular flexibility index (Phi) is 5.74. The van der Waals surface area contributed by atoms with Crippen molar-refractivity contribution >= 4 is 39.1 Å². The van der Waals surface area contributed by atoms with Crippen molar-refractivity contribution in [3.63, 3.8) is 0 Å². The summed E-state index contributed by atoms with van der Waals surface area (Å²) in [5, 5.41) is 15.2. The van der Waals surface area contributed by atoms with Crippen molar-refractivity contribution in [1.29, 1.82) is 0 Å². The zero-order valence-electron chi connectivity index (χ0n) is 18.3. The van der Waals surface area contributed by atoms with E-state index in [1.165, 1.54) is 11.8 Å². The first kappa shape index (κ1) is 21.4. The molecule has 0 atom stereocenters. The number of ether oxygens (including phenoxy) is 1. The van der Waals surface area contributed by atoms with E-state index in [1.54, 1.807) is 42.7 Å². The molecule has 3 heterocycles. The first-order valence-corrected chi connectivity index (χ1v) is 12.1. The number of carbonyl (C=O) groups is 1. The van der Waals surface area contributed by atoms with Gasteiger partial charge in [0, 0.05) is 18.0 Å². The number of thiophene rings is 1. The van der Waals surface area contributed by atoms with E-state index in [4.69, 9.17) is 9.84 Å². The number of nitrogens with zero attached hydrogens (tertiary/aromatic N) is 5. The monoisotopic (exact) mass is 475 g/mol. The molecule has 0 N–H and O–H groups in total. The summed E-state index contributed by atoms with van der Waals surface area (Å²) in [6.07, 6.45) is 0. The van der Waals surface area contributed by atoms with Crippen LogP contribution in [0.2, 0.25) is 0 Å². The second-order valence-corrected chi connectivity index (χ2v) is 9.44. The predicted molar refractivity (Wildman–Crippen MR) is 132 cm³/mol. The summed E-state index contributed by atoms with van der Waals surface area (Å²) in [6, 6.07) is 19.3. The molecule has 0 aliphatic carbocycles. The predicted octanol–water partition coefficient (Wildman–Crippen LogP) is 5.17. The van der Waals surface area contributed by atoms with Crippen LogP contribution in [-0.4, -0.2) is 43.2 Å². The molecule has 33 heavy (non-hydrogen) atoms. The van der Waals surface area contributed by atoms with Crippen LogP contribution in [0.15, 0.2) is 65.8 Å². The van der Waals surface area contributed by atoms with Crippen LogP contribution in [0.4, 0.5) is 0 Å². The van der Waals surface area contributed by atoms with Crippen molar-refractivity contribution in [2.45, 2.75) is 12.1 Å². The number of Topliss-reactive ketones (excluding diaryl/α,β-unsaturated/α-hetero) is 1. The van der Waals surface area contributed by atoms with Crippen LogP contribution in [0.3, 0.4) is 0 Å². The van der Waals surface area contributed by atoms with E-state index < -0.39 is 0 Å². The van der Waals surface area contributed by atoms with Crippen LogP contribution < -0.4 is 4.74 Å². The van der Waals surface area contributed by atoms with Crippen LogP contribution in [0, 0.1) is 6.92 Å². The Morgan fingerprint density at radius 1 is 1.09 bits per heavy atom. The van der Waals surface area contributed by atoms with Gasteiger partial charge in [-0.05, 0) is 49.4 Å². The molecule has 0 fully saturated rings. The Morgan fingerprint density at radius 2 is 1.85 bits per heavy atom. The van der Waals surface area contributed by atoms with Gasteiger partial charge in [-0.3, -0.25) is 4.79 Å². The number of fused-ring (bicyclic) bond motifs is 1. The van der Waals surface area contributed by atoms with Crippen molar-refractivity contribution in [3.8, 4) is 22.1 Å². The van der Waals surface area contributed by atoms with Crippen molar-refractivity contribution in [1.82, 2.24) is 24.5 Å². The van der Waals surface area contributed by atoms with Gasteiger partial charge >= 0.3 is 0 Å². The standard InChI is InChI=1S/C24H21N5O2S2/c1-15-19-13-21(33-23(19)29(27-15)17-7-5-4-6-8-17)22-25-26-24(28(22)2)32-14-20(30)16-9-11-18(31-3)12-10-16/h4-13H,14H2,1-3H3. The largest absolute Gasteiger partial charge is 0.497 e. The summed E-state index contributed by atoms with van der Waals surface area (Å²) in [6.45, 7) is 2.01. The molecule has 5 rings (SSSR count). The van der Waals surface area contributed by atoms with E-state index in [1.807, 2.05) is 53.6 Å². The van der Waals surface area contributed by atoms with E-state index in [0.717, 1.165) is 38.0 Å². The van der Waals surface area contributed by atoms with Gasteiger partial charge in [-0.1, -0.05) is 30.0 Å². The topological polar surface area (TPSA) is 74.8 Å². The minimum atomic E-state index is 0.0349. The number of methoxy groups -OCH3 is 1. The normalized spacial score (nSPS) is 11.2. The van der Waals surface area contributed by atoms with Gasteiger partial charge in [0.15, 0.2) is 16.8 Å². The van der Waals surface area contributed by atoms with E-state index >= 15 is 0 Å². The van der Waals surface area contributed by atoms with E-state index in [-0.39, 0.29) is 11.5 Å². The lowest BCUT2D eigenvalue weighted by atomic mass is 10.1. The van der Waals surface area contributed by atoms with E-state index in [0.29, 0.717) is 10.7 Å². The van der Waals surface area contributed by atoms with Crippen LogP contribution in [0.25, 0.3) is 26.6 Å². The van der Waals surface area contributed by atoms with Gasteiger partial charge in [0.2, 0.25) is 0 Å². The highest BCUT2D eigenvalue weighted by molar-refractivity contribution is 7.99. The maximum absolute atomic E-state index is 12.6. The molecule has 9 heteroatoms. The Labute approximate surface area is 199 Å². The molecular formula is C24H21N5O2S2. The van der Waals surface area contributed by atoms with E-state index in [2.05, 4.69) is 16.3 Å². The fourth-order valence-corrected chi connectivity index (χ4v) is 5.56. The summed E-state index contributed by atoms with van der Waals surface area (Å²) in [4.78, 5) is 14.7. The highest BCUT2D eigenvalue weighted by Crippen LogP contribution is 2.36. The maximum atomic E-state index is 12.6. The Morgan fingerprint density at radius 3 is 2.58 bits per heavy atom. The minimum absolute atomic E-state index is 0.0349. The number of para-hydroxylation sites is 1. The summed E-state index contributed by atoms with van der Waals surface area (Å²) < 4.78 is 9.06. The summed E-state index contributed by atoms with van der Waals surface area (Å²) in [7, 11) is 3.53. The molecule has 0 spiro atoms. The van der Waals surface area contributed by atoms with Crippen LogP contribution >= 0.6 is 23.1 Å². The quantitative estimate of drug-likeness (QED) is 0.239. The Bertz CT molecular complexity index is 1440. The van der Waals surface area contributed by atoms with Gasteiger partial charge in [-0.25, -0.2) is 4.68 Å². The first-order chi connectivity index (χ1) is 16.0. The maximum Gasteiger partial charge on any atom is 0.191 e. The molecule has 0 radical (unpaired) electrons. The van der Waals surface area contributed by atoms with Crippen LogP contribution in [-0.2, 0) is 7.05 Å². The van der Waals surface area contributed by atoms with Crippen molar-refractivity contribution in [3.05, 3.63) is 71.9 Å². The summed E-state index contributed by atoms with van der Waals surface area (Å²) >= 11 is 3.02. The lowest BCUT2D eigenvalue weighted by molar-refractivity contribution is 0.102. The molecular weight excluding hydrogens is 454 g/mol. The number of ketones is 1. The van der Waals surface area contributed by atoms with Gasteiger partial charge in [0.05, 0.1) is 29.1 Å². The lowest BCUT2D eigenvalue weighted by Gasteiger charge is -2.04. The third kappa shape index (κ3) is 4.05. The Hall–Kier alpha value is -3.43. The smallest absolute Gasteiger partial charge is 0.191 e. The number of rotatable bonds is 7. The van der Waals surface area contributed by atoms with Gasteiger partial charge in [-0.2, -0.15) is 5.10 Å². The molecule has 166 valence electrons. The molecule has 2 aromatic carbocycles. The molecule has 5 aromatic rings. The number of carbonyl (C=O) groups excluding carboxylic acids is 1. The molecule has 0 aliphatic heterocycles. The zero-order chi connectivity index (χ0) is 22.9. The SMILES string of the molecule is COc1ccc(C(=O)CSc2nnc(-c3cc4c(C)nn(-c5ccccc5)c4s3)n2C)cc1. The van der Waals surface area contributed by atoms with Crippen LogP contribution in [0.5, 0.6) is 5.75 Å². The number of thioether (sulfide) groups is 1. The van der Waals surface area contributed by atoms with Crippen LogP contribution in [0.1, 0.15) is 16.1 Å². The van der Waals surface area contributed by atoms with E-state index in [9.17, 15) is 4.79 Å². The molecule has 0 amide bonds. The highest BCUT2D eigenvalue weighted by atomic mass is 32.2.